The molecule has 0 heterocycles. The molecule has 4 heteroatoms. The molecule has 1 saturated carbocycles. The molecule has 3 nitrogen and oxygen atoms in total. The maximum absolute atomic E-state index is 14.0. The fraction of sp³-hybridized carbons (Fsp3) is 0.500. The zero-order valence-corrected chi connectivity index (χ0v) is 16.6. The van der Waals surface area contributed by atoms with Crippen molar-refractivity contribution in [2.45, 2.75) is 56.4 Å². The van der Waals surface area contributed by atoms with Crippen LogP contribution in [0.1, 0.15) is 53.9 Å². The van der Waals surface area contributed by atoms with Crippen molar-refractivity contribution in [3.8, 4) is 5.75 Å². The van der Waals surface area contributed by atoms with Crippen LogP contribution in [0.15, 0.2) is 36.4 Å². The molecular formula is C24H30FNO2. The highest BCUT2D eigenvalue weighted by Crippen LogP contribution is 2.40. The van der Waals surface area contributed by atoms with Crippen molar-refractivity contribution >= 4 is 0 Å². The molecule has 2 aromatic carbocycles. The van der Waals surface area contributed by atoms with Crippen LogP contribution in [0.4, 0.5) is 4.39 Å². The molecule has 3 N–H and O–H groups in total. The summed E-state index contributed by atoms with van der Waals surface area (Å²) in [5.41, 5.74) is 11.1. The van der Waals surface area contributed by atoms with Crippen molar-refractivity contribution < 1.29 is 14.2 Å². The molecule has 0 bridgehead atoms. The summed E-state index contributed by atoms with van der Waals surface area (Å²) in [5, 5.41) is 9.52. The molecule has 1 fully saturated rings. The van der Waals surface area contributed by atoms with Gasteiger partial charge in [-0.3, -0.25) is 0 Å². The maximum Gasteiger partial charge on any atom is 0.165 e. The molecule has 0 saturated heterocycles. The van der Waals surface area contributed by atoms with Gasteiger partial charge in [0.25, 0.3) is 0 Å². The fourth-order valence-electron chi connectivity index (χ4n) is 5.03. The number of nitrogens with two attached hydrogens (primary N) is 1. The zero-order chi connectivity index (χ0) is 19.7. The molecule has 3 atom stereocenters. The van der Waals surface area contributed by atoms with Crippen LogP contribution < -0.4 is 10.5 Å². The van der Waals surface area contributed by atoms with E-state index >= 15 is 0 Å². The molecule has 28 heavy (non-hydrogen) atoms. The minimum atomic E-state index is -0.403. The Hall–Kier alpha value is -1.91. The van der Waals surface area contributed by atoms with Gasteiger partial charge in [-0.05, 0) is 91.2 Å². The summed E-state index contributed by atoms with van der Waals surface area (Å²) in [7, 11) is 1.49. The number of benzene rings is 2. The van der Waals surface area contributed by atoms with Crippen molar-refractivity contribution in [1.82, 2.24) is 0 Å². The van der Waals surface area contributed by atoms with Gasteiger partial charge >= 0.3 is 0 Å². The monoisotopic (exact) mass is 383 g/mol. The summed E-state index contributed by atoms with van der Waals surface area (Å²) < 4.78 is 19.0. The SMILES string of the molecule is COc1ccc(C[C@@H]2CCc3cc([C@H]4CC[C@](N)(CO)C4)ccc3C2)cc1F. The Balaban J connectivity index is 1.43. The van der Waals surface area contributed by atoms with Gasteiger partial charge in [0, 0.05) is 5.54 Å². The number of aryl methyl sites for hydroxylation is 1. The highest BCUT2D eigenvalue weighted by molar-refractivity contribution is 5.37. The third kappa shape index (κ3) is 3.94. The van der Waals surface area contributed by atoms with Crippen LogP contribution in [0, 0.1) is 11.7 Å². The Labute approximate surface area is 166 Å². The van der Waals surface area contributed by atoms with Gasteiger partial charge in [0.05, 0.1) is 13.7 Å². The Morgan fingerprint density at radius 1 is 1.18 bits per heavy atom. The summed E-state index contributed by atoms with van der Waals surface area (Å²) in [5.74, 6) is 1.03. The first-order valence-corrected chi connectivity index (χ1v) is 10.3. The third-order valence-electron chi connectivity index (χ3n) is 6.73. The molecule has 0 unspecified atom stereocenters. The van der Waals surface area contributed by atoms with E-state index in [9.17, 15) is 9.50 Å². The van der Waals surface area contributed by atoms with Crippen LogP contribution in [0.5, 0.6) is 5.75 Å². The number of fused-ring (bicyclic) bond motifs is 1. The topological polar surface area (TPSA) is 55.5 Å². The lowest BCUT2D eigenvalue weighted by Gasteiger charge is -2.26. The van der Waals surface area contributed by atoms with Gasteiger partial charge in [0.1, 0.15) is 0 Å². The largest absolute Gasteiger partial charge is 0.494 e. The van der Waals surface area contributed by atoms with Crippen molar-refractivity contribution in [2.24, 2.45) is 11.7 Å². The minimum Gasteiger partial charge on any atom is -0.494 e. The summed E-state index contributed by atoms with van der Waals surface area (Å²) in [6.07, 6.45) is 6.97. The average Bonchev–Trinajstić information content (AvgIpc) is 3.11. The molecule has 2 aliphatic rings. The van der Waals surface area contributed by atoms with Crippen LogP contribution >= 0.6 is 0 Å². The van der Waals surface area contributed by atoms with Gasteiger partial charge in [0.15, 0.2) is 11.6 Å². The lowest BCUT2D eigenvalue weighted by Crippen LogP contribution is -2.40. The van der Waals surface area contributed by atoms with Gasteiger partial charge in [-0.2, -0.15) is 0 Å². The molecule has 0 aromatic heterocycles. The lowest BCUT2D eigenvalue weighted by molar-refractivity contribution is 0.198. The first-order valence-electron chi connectivity index (χ1n) is 10.3. The predicted molar refractivity (Wildman–Crippen MR) is 109 cm³/mol. The van der Waals surface area contributed by atoms with Crippen LogP contribution in [-0.2, 0) is 19.3 Å². The quantitative estimate of drug-likeness (QED) is 0.816. The van der Waals surface area contributed by atoms with Crippen LogP contribution in [0.3, 0.4) is 0 Å². The number of ether oxygens (including phenoxy) is 1. The van der Waals surface area contributed by atoms with Crippen molar-refractivity contribution in [2.75, 3.05) is 13.7 Å². The summed E-state index contributed by atoms with van der Waals surface area (Å²) >= 11 is 0. The summed E-state index contributed by atoms with van der Waals surface area (Å²) in [6, 6.07) is 12.2. The molecule has 150 valence electrons. The Morgan fingerprint density at radius 3 is 2.75 bits per heavy atom. The van der Waals surface area contributed by atoms with E-state index in [-0.39, 0.29) is 12.4 Å². The van der Waals surface area contributed by atoms with Crippen molar-refractivity contribution in [3.63, 3.8) is 0 Å². The fourth-order valence-corrected chi connectivity index (χ4v) is 5.03. The molecule has 0 amide bonds. The second-order valence-corrected chi connectivity index (χ2v) is 8.77. The van der Waals surface area contributed by atoms with E-state index in [4.69, 9.17) is 10.5 Å². The van der Waals surface area contributed by atoms with Crippen LogP contribution in [0.2, 0.25) is 0 Å². The van der Waals surface area contributed by atoms with Crippen molar-refractivity contribution in [1.29, 1.82) is 0 Å². The van der Waals surface area contributed by atoms with E-state index in [0.29, 0.717) is 17.6 Å². The molecular weight excluding hydrogens is 353 g/mol. The number of halogens is 1. The summed E-state index contributed by atoms with van der Waals surface area (Å²) in [4.78, 5) is 0. The highest BCUT2D eigenvalue weighted by atomic mass is 19.1. The Kier molecular flexibility index (Phi) is 5.44. The third-order valence-corrected chi connectivity index (χ3v) is 6.73. The zero-order valence-electron chi connectivity index (χ0n) is 16.6. The van der Waals surface area contributed by atoms with E-state index in [1.807, 2.05) is 6.07 Å². The predicted octanol–water partition coefficient (Wildman–Crippen LogP) is 4.14. The van der Waals surface area contributed by atoms with Gasteiger partial charge in [-0.15, -0.1) is 0 Å². The highest BCUT2D eigenvalue weighted by Gasteiger charge is 2.36. The number of aliphatic hydroxyl groups is 1. The minimum absolute atomic E-state index is 0.0715. The van der Waals surface area contributed by atoms with Gasteiger partial charge in [0.2, 0.25) is 0 Å². The van der Waals surface area contributed by atoms with E-state index in [0.717, 1.165) is 50.5 Å². The second-order valence-electron chi connectivity index (χ2n) is 8.77. The normalized spacial score (nSPS) is 26.9. The number of aliphatic hydroxyl groups excluding tert-OH is 1. The lowest BCUT2D eigenvalue weighted by atomic mass is 9.79. The van der Waals surface area contributed by atoms with Crippen LogP contribution in [-0.4, -0.2) is 24.4 Å². The molecule has 2 aromatic rings. The van der Waals surface area contributed by atoms with Gasteiger partial charge in [-0.25, -0.2) is 4.39 Å². The molecule has 4 rings (SSSR count). The smallest absolute Gasteiger partial charge is 0.165 e. The summed E-state index contributed by atoms with van der Waals surface area (Å²) in [6.45, 7) is 0.0715. The maximum atomic E-state index is 14.0. The molecule has 2 aliphatic carbocycles. The van der Waals surface area contributed by atoms with E-state index in [1.165, 1.54) is 23.8 Å². The standard InChI is InChI=1S/C24H30FNO2/c1-28-23-7-3-17(12-22(23)25)10-16-2-4-19-13-20(6-5-18(19)11-16)21-8-9-24(26,14-21)15-27/h3,5-7,12-13,16,21,27H,2,4,8-11,14-15,26H2,1H3/t16-,21-,24+/m0/s1. The van der Waals surface area contributed by atoms with Gasteiger partial charge in [-0.1, -0.05) is 24.3 Å². The molecule has 0 spiro atoms. The van der Waals surface area contributed by atoms with Gasteiger partial charge < -0.3 is 15.6 Å². The van der Waals surface area contributed by atoms with Crippen LogP contribution in [0.25, 0.3) is 0 Å². The first kappa shape index (κ1) is 19.4. The van der Waals surface area contributed by atoms with E-state index in [1.54, 1.807) is 12.1 Å². The number of hydrogen-bond acceptors (Lipinski definition) is 3. The Morgan fingerprint density at radius 2 is 2.04 bits per heavy atom. The number of methoxy groups -OCH3 is 1. The molecule has 0 aliphatic heterocycles. The van der Waals surface area contributed by atoms with E-state index < -0.39 is 5.54 Å². The van der Waals surface area contributed by atoms with E-state index in [2.05, 4.69) is 18.2 Å². The van der Waals surface area contributed by atoms with Crippen molar-refractivity contribution in [3.05, 3.63) is 64.5 Å². The second kappa shape index (κ2) is 7.84. The molecule has 0 radical (unpaired) electrons. The number of hydrogen-bond donors (Lipinski definition) is 2. The number of rotatable bonds is 5. The Bertz CT molecular complexity index is 852. The first-order chi connectivity index (χ1) is 13.5. The average molecular weight is 384 g/mol.